The van der Waals surface area contributed by atoms with Gasteiger partial charge >= 0.3 is 0 Å². The molecule has 1 aliphatic carbocycles. The summed E-state index contributed by atoms with van der Waals surface area (Å²) in [6.07, 6.45) is 5.85. The van der Waals surface area contributed by atoms with Gasteiger partial charge in [0.05, 0.1) is 6.10 Å². The Kier molecular flexibility index (Phi) is 1.52. The maximum atomic E-state index is 12.0. The van der Waals surface area contributed by atoms with Crippen molar-refractivity contribution in [3.8, 4) is 0 Å². The molecule has 2 atom stereocenters. The number of carbonyl (C=O) groups is 1. The van der Waals surface area contributed by atoms with Gasteiger partial charge in [0.1, 0.15) is 5.60 Å². The Morgan fingerprint density at radius 2 is 2.20 bits per heavy atom. The minimum Gasteiger partial charge on any atom is -0.354 e. The summed E-state index contributed by atoms with van der Waals surface area (Å²) in [5.74, 6) is 0.290. The highest BCUT2D eigenvalue weighted by molar-refractivity contribution is 6.01. The van der Waals surface area contributed by atoms with Crippen LogP contribution in [-0.4, -0.2) is 17.5 Å². The molecule has 0 aromatic heterocycles. The lowest BCUT2D eigenvalue weighted by Gasteiger charge is -2.45. The van der Waals surface area contributed by atoms with E-state index < -0.39 is 5.60 Å². The van der Waals surface area contributed by atoms with Crippen LogP contribution in [0.5, 0.6) is 0 Å². The Balaban J connectivity index is 2.23. The highest BCUT2D eigenvalue weighted by atomic mass is 16.5. The zero-order valence-corrected chi connectivity index (χ0v) is 9.46. The van der Waals surface area contributed by atoms with Crippen molar-refractivity contribution in [3.63, 3.8) is 0 Å². The topological polar surface area (TPSA) is 26.3 Å². The average molecular weight is 204 g/mol. The number of fused-ring (bicyclic) bond motifs is 1. The molecule has 80 valence electrons. The molecule has 2 heteroatoms. The van der Waals surface area contributed by atoms with E-state index in [0.29, 0.717) is 12.2 Å². The lowest BCUT2D eigenvalue weighted by molar-refractivity contribution is -0.125. The molecule has 0 radical (unpaired) electrons. The third-order valence-corrected chi connectivity index (χ3v) is 4.27. The molecular weight excluding hydrogens is 188 g/mol. The number of ketones is 1. The standard InChI is InChI=1S/C13H16O2/c1-8-10-5-7-13(15-10)11(8)9(14)4-6-12(13,2)3/h5,7,10H,4,6H2,1-3H3. The Hall–Kier alpha value is -0.890. The Bertz CT molecular complexity index is 414. The maximum Gasteiger partial charge on any atom is 0.162 e. The van der Waals surface area contributed by atoms with Crippen LogP contribution in [0.25, 0.3) is 0 Å². The molecule has 2 bridgehead atoms. The number of Topliss-reactive ketones (excluding diaryl/α,β-unsaturated/α-hetero) is 1. The summed E-state index contributed by atoms with van der Waals surface area (Å²) in [7, 11) is 0. The zero-order valence-electron chi connectivity index (χ0n) is 9.46. The molecule has 2 aliphatic heterocycles. The highest BCUT2D eigenvalue weighted by Gasteiger charge is 2.59. The monoisotopic (exact) mass is 204 g/mol. The molecule has 2 unspecified atom stereocenters. The number of hydrogen-bond acceptors (Lipinski definition) is 2. The molecule has 1 saturated carbocycles. The van der Waals surface area contributed by atoms with Gasteiger partial charge in [-0.15, -0.1) is 0 Å². The first-order valence-electron chi connectivity index (χ1n) is 5.60. The molecule has 1 fully saturated rings. The second kappa shape index (κ2) is 2.43. The van der Waals surface area contributed by atoms with Gasteiger partial charge in [-0.1, -0.05) is 19.9 Å². The molecule has 0 aromatic carbocycles. The summed E-state index contributed by atoms with van der Waals surface area (Å²) in [5, 5.41) is 0. The quantitative estimate of drug-likeness (QED) is 0.566. The first-order valence-corrected chi connectivity index (χ1v) is 5.60. The SMILES string of the molecule is CC1=C2C(=O)CCC(C)(C)C23C=CC1O3. The van der Waals surface area contributed by atoms with E-state index in [4.69, 9.17) is 4.74 Å². The molecule has 2 heterocycles. The third kappa shape index (κ3) is 0.871. The van der Waals surface area contributed by atoms with Crippen LogP contribution in [-0.2, 0) is 9.53 Å². The van der Waals surface area contributed by atoms with Crippen LogP contribution in [0, 0.1) is 5.41 Å². The van der Waals surface area contributed by atoms with E-state index in [0.717, 1.165) is 17.6 Å². The zero-order chi connectivity index (χ0) is 10.8. The fourth-order valence-electron chi connectivity index (χ4n) is 3.20. The molecule has 0 N–H and O–H groups in total. The van der Waals surface area contributed by atoms with Crippen molar-refractivity contribution in [2.45, 2.75) is 45.3 Å². The minimum atomic E-state index is -0.406. The summed E-state index contributed by atoms with van der Waals surface area (Å²) < 4.78 is 6.06. The first-order chi connectivity index (χ1) is 6.98. The largest absolute Gasteiger partial charge is 0.354 e. The van der Waals surface area contributed by atoms with Crippen LogP contribution in [0.1, 0.15) is 33.6 Å². The van der Waals surface area contributed by atoms with Crippen LogP contribution in [0.3, 0.4) is 0 Å². The summed E-state index contributed by atoms with van der Waals surface area (Å²) in [4.78, 5) is 12.0. The van der Waals surface area contributed by atoms with Crippen LogP contribution in [0.15, 0.2) is 23.3 Å². The van der Waals surface area contributed by atoms with Gasteiger partial charge < -0.3 is 4.74 Å². The minimum absolute atomic E-state index is 0.0409. The average Bonchev–Trinajstić information content (AvgIpc) is 2.70. The van der Waals surface area contributed by atoms with E-state index in [1.54, 1.807) is 0 Å². The van der Waals surface area contributed by atoms with Gasteiger partial charge in [-0.05, 0) is 25.0 Å². The van der Waals surface area contributed by atoms with Crippen molar-refractivity contribution in [3.05, 3.63) is 23.3 Å². The van der Waals surface area contributed by atoms with E-state index in [2.05, 4.69) is 26.0 Å². The van der Waals surface area contributed by atoms with Crippen LogP contribution in [0.4, 0.5) is 0 Å². The van der Waals surface area contributed by atoms with Crippen molar-refractivity contribution < 1.29 is 9.53 Å². The second-order valence-electron chi connectivity index (χ2n) is 5.50. The Labute approximate surface area is 90.0 Å². The fraction of sp³-hybridized carbons (Fsp3) is 0.615. The van der Waals surface area contributed by atoms with Gasteiger partial charge in [0, 0.05) is 17.4 Å². The number of hydrogen-bond donors (Lipinski definition) is 0. The number of carbonyl (C=O) groups excluding carboxylic acids is 1. The van der Waals surface area contributed by atoms with Crippen molar-refractivity contribution in [1.29, 1.82) is 0 Å². The normalized spacial score (nSPS) is 41.3. The Morgan fingerprint density at radius 3 is 2.87 bits per heavy atom. The number of rotatable bonds is 0. The van der Waals surface area contributed by atoms with Gasteiger partial charge in [0.2, 0.25) is 0 Å². The van der Waals surface area contributed by atoms with Gasteiger partial charge in [-0.3, -0.25) is 4.79 Å². The molecule has 2 nitrogen and oxygen atoms in total. The third-order valence-electron chi connectivity index (χ3n) is 4.27. The Morgan fingerprint density at radius 1 is 1.47 bits per heavy atom. The van der Waals surface area contributed by atoms with Crippen LogP contribution in [0.2, 0.25) is 0 Å². The molecule has 15 heavy (non-hydrogen) atoms. The fourth-order valence-corrected chi connectivity index (χ4v) is 3.20. The summed E-state index contributed by atoms with van der Waals surface area (Å²) in [5.41, 5.74) is 1.72. The van der Waals surface area contributed by atoms with Crippen LogP contribution < -0.4 is 0 Å². The smallest absolute Gasteiger partial charge is 0.162 e. The second-order valence-corrected chi connectivity index (χ2v) is 5.50. The van der Waals surface area contributed by atoms with Crippen LogP contribution >= 0.6 is 0 Å². The number of ether oxygens (including phenoxy) is 1. The van der Waals surface area contributed by atoms with Gasteiger partial charge in [-0.2, -0.15) is 0 Å². The van der Waals surface area contributed by atoms with E-state index >= 15 is 0 Å². The van der Waals surface area contributed by atoms with Crippen molar-refractivity contribution >= 4 is 5.78 Å². The molecule has 0 saturated heterocycles. The molecule has 0 amide bonds. The molecular formula is C13H16O2. The van der Waals surface area contributed by atoms with E-state index in [1.165, 1.54) is 0 Å². The summed E-state index contributed by atoms with van der Waals surface area (Å²) >= 11 is 0. The van der Waals surface area contributed by atoms with Crippen molar-refractivity contribution in [1.82, 2.24) is 0 Å². The van der Waals surface area contributed by atoms with E-state index in [-0.39, 0.29) is 11.5 Å². The molecule has 1 spiro atoms. The summed E-state index contributed by atoms with van der Waals surface area (Å²) in [6, 6.07) is 0. The highest BCUT2D eigenvalue weighted by Crippen LogP contribution is 2.57. The first kappa shape index (κ1) is 9.34. The molecule has 0 aromatic rings. The van der Waals surface area contributed by atoms with Crippen molar-refractivity contribution in [2.75, 3.05) is 0 Å². The predicted octanol–water partition coefficient (Wildman–Crippen LogP) is 2.40. The van der Waals surface area contributed by atoms with E-state index in [9.17, 15) is 4.79 Å². The van der Waals surface area contributed by atoms with E-state index in [1.807, 2.05) is 6.92 Å². The molecule has 3 aliphatic rings. The summed E-state index contributed by atoms with van der Waals surface area (Å²) in [6.45, 7) is 6.43. The maximum absolute atomic E-state index is 12.0. The predicted molar refractivity (Wildman–Crippen MR) is 57.5 cm³/mol. The van der Waals surface area contributed by atoms with Gasteiger partial charge in [-0.25, -0.2) is 0 Å². The lowest BCUT2D eigenvalue weighted by Crippen LogP contribution is -2.49. The lowest BCUT2D eigenvalue weighted by atomic mass is 9.61. The van der Waals surface area contributed by atoms with Crippen molar-refractivity contribution in [2.24, 2.45) is 5.41 Å². The van der Waals surface area contributed by atoms with Gasteiger partial charge in [0.25, 0.3) is 0 Å². The molecule has 3 rings (SSSR count). The van der Waals surface area contributed by atoms with Gasteiger partial charge in [0.15, 0.2) is 5.78 Å².